The second-order valence-corrected chi connectivity index (χ2v) is 6.23. The van der Waals surface area contributed by atoms with Crippen molar-refractivity contribution >= 4 is 5.91 Å². The summed E-state index contributed by atoms with van der Waals surface area (Å²) < 4.78 is 0. The molecule has 1 amide bonds. The van der Waals surface area contributed by atoms with Gasteiger partial charge in [-0.15, -0.1) is 0 Å². The highest BCUT2D eigenvalue weighted by Gasteiger charge is 2.44. The van der Waals surface area contributed by atoms with Crippen LogP contribution >= 0.6 is 0 Å². The molecule has 2 rings (SSSR count). The first-order chi connectivity index (χ1) is 8.33. The number of hydrogen-bond donors (Lipinski definition) is 2. The average molecular weight is 254 g/mol. The number of carbonyl (C=O) groups is 1. The van der Waals surface area contributed by atoms with Crippen molar-refractivity contribution in [3.05, 3.63) is 0 Å². The van der Waals surface area contributed by atoms with Gasteiger partial charge in [-0.05, 0) is 40.2 Å². The molecule has 0 bridgehead atoms. The van der Waals surface area contributed by atoms with Gasteiger partial charge in [0.2, 0.25) is 5.91 Å². The summed E-state index contributed by atoms with van der Waals surface area (Å²) in [4.78, 5) is 16.3. The van der Waals surface area contributed by atoms with Crippen LogP contribution in [0.4, 0.5) is 0 Å². The van der Waals surface area contributed by atoms with E-state index in [1.165, 1.54) is 0 Å². The summed E-state index contributed by atoms with van der Waals surface area (Å²) in [7, 11) is 2.18. The van der Waals surface area contributed by atoms with Gasteiger partial charge in [-0.25, -0.2) is 0 Å². The van der Waals surface area contributed by atoms with Crippen molar-refractivity contribution in [2.45, 2.75) is 56.8 Å². The predicted molar refractivity (Wildman–Crippen MR) is 72.0 cm³/mol. The van der Waals surface area contributed by atoms with Gasteiger partial charge in [0.15, 0.2) is 0 Å². The normalized spacial score (nSPS) is 43.2. The average Bonchev–Trinajstić information content (AvgIpc) is 2.69. The SMILES string of the molecule is CC1CN(C2CCC(N)(C(N)=O)C2)CC(C)N1C. The summed E-state index contributed by atoms with van der Waals surface area (Å²) in [6, 6.07) is 1.52. The van der Waals surface area contributed by atoms with E-state index in [9.17, 15) is 4.79 Å². The smallest absolute Gasteiger partial charge is 0.237 e. The minimum Gasteiger partial charge on any atom is -0.368 e. The molecule has 5 heteroatoms. The first-order valence-electron chi connectivity index (χ1n) is 6.88. The van der Waals surface area contributed by atoms with E-state index in [-0.39, 0.29) is 5.91 Å². The first-order valence-corrected chi connectivity index (χ1v) is 6.88. The number of rotatable bonds is 2. The lowest BCUT2D eigenvalue weighted by atomic mass is 9.97. The number of hydrogen-bond acceptors (Lipinski definition) is 4. The molecule has 18 heavy (non-hydrogen) atoms. The maximum atomic E-state index is 11.4. The number of nitrogens with two attached hydrogens (primary N) is 2. The molecule has 4 unspecified atom stereocenters. The highest BCUT2D eigenvalue weighted by molar-refractivity contribution is 5.84. The van der Waals surface area contributed by atoms with E-state index < -0.39 is 5.54 Å². The maximum Gasteiger partial charge on any atom is 0.237 e. The molecule has 1 saturated heterocycles. The van der Waals surface area contributed by atoms with Crippen LogP contribution in [0.1, 0.15) is 33.1 Å². The largest absolute Gasteiger partial charge is 0.368 e. The van der Waals surface area contributed by atoms with Crippen molar-refractivity contribution in [1.29, 1.82) is 0 Å². The van der Waals surface area contributed by atoms with Crippen LogP contribution in [-0.2, 0) is 4.79 Å². The fraction of sp³-hybridized carbons (Fsp3) is 0.923. The van der Waals surface area contributed by atoms with Gasteiger partial charge in [0.1, 0.15) is 0 Å². The molecule has 1 heterocycles. The topological polar surface area (TPSA) is 75.6 Å². The summed E-state index contributed by atoms with van der Waals surface area (Å²) in [5.41, 5.74) is 10.7. The number of carbonyl (C=O) groups excluding carboxylic acids is 1. The zero-order chi connectivity index (χ0) is 13.5. The molecular formula is C13H26N4O. The zero-order valence-corrected chi connectivity index (χ0v) is 11.7. The molecule has 4 N–H and O–H groups in total. The Bertz CT molecular complexity index is 323. The molecule has 0 aromatic carbocycles. The van der Waals surface area contributed by atoms with Crippen molar-refractivity contribution in [1.82, 2.24) is 9.80 Å². The molecule has 2 aliphatic rings. The van der Waals surface area contributed by atoms with E-state index in [0.717, 1.165) is 25.9 Å². The predicted octanol–water partition coefficient (Wildman–Crippen LogP) is -0.254. The Morgan fingerprint density at radius 1 is 1.28 bits per heavy atom. The Hall–Kier alpha value is -0.650. The Labute approximate surface area is 109 Å². The highest BCUT2D eigenvalue weighted by atomic mass is 16.1. The van der Waals surface area contributed by atoms with E-state index >= 15 is 0 Å². The first kappa shape index (κ1) is 13.8. The van der Waals surface area contributed by atoms with E-state index in [2.05, 4.69) is 30.7 Å². The van der Waals surface area contributed by atoms with E-state index in [1.54, 1.807) is 0 Å². The third kappa shape index (κ3) is 2.39. The van der Waals surface area contributed by atoms with Crippen LogP contribution in [-0.4, -0.2) is 59.5 Å². The highest BCUT2D eigenvalue weighted by Crippen LogP contribution is 2.32. The zero-order valence-electron chi connectivity index (χ0n) is 11.7. The summed E-state index contributed by atoms with van der Waals surface area (Å²) in [6.45, 7) is 6.61. The van der Waals surface area contributed by atoms with Crippen molar-refractivity contribution in [3.8, 4) is 0 Å². The fourth-order valence-electron chi connectivity index (χ4n) is 3.33. The fourth-order valence-corrected chi connectivity index (χ4v) is 3.33. The Morgan fingerprint density at radius 2 is 1.83 bits per heavy atom. The Kier molecular flexibility index (Phi) is 3.67. The number of nitrogens with zero attached hydrogens (tertiary/aromatic N) is 2. The Morgan fingerprint density at radius 3 is 2.28 bits per heavy atom. The summed E-state index contributed by atoms with van der Waals surface area (Å²) in [6.07, 6.45) is 2.43. The summed E-state index contributed by atoms with van der Waals surface area (Å²) in [5.74, 6) is -0.347. The molecule has 1 aliphatic heterocycles. The van der Waals surface area contributed by atoms with Crippen molar-refractivity contribution in [3.63, 3.8) is 0 Å². The molecule has 4 atom stereocenters. The summed E-state index contributed by atoms with van der Waals surface area (Å²) in [5, 5.41) is 0. The summed E-state index contributed by atoms with van der Waals surface area (Å²) >= 11 is 0. The van der Waals surface area contributed by atoms with Crippen LogP contribution in [0.25, 0.3) is 0 Å². The van der Waals surface area contributed by atoms with Gasteiger partial charge in [0.05, 0.1) is 5.54 Å². The number of primary amides is 1. The van der Waals surface area contributed by atoms with Gasteiger partial charge >= 0.3 is 0 Å². The van der Waals surface area contributed by atoms with Gasteiger partial charge in [0.25, 0.3) is 0 Å². The van der Waals surface area contributed by atoms with Gasteiger partial charge in [-0.1, -0.05) is 0 Å². The molecule has 2 fully saturated rings. The minimum absolute atomic E-state index is 0.347. The molecule has 0 spiro atoms. The van der Waals surface area contributed by atoms with Gasteiger partial charge in [-0.2, -0.15) is 0 Å². The van der Waals surface area contributed by atoms with E-state index in [0.29, 0.717) is 24.5 Å². The molecule has 1 aliphatic carbocycles. The van der Waals surface area contributed by atoms with Crippen LogP contribution in [0.2, 0.25) is 0 Å². The van der Waals surface area contributed by atoms with Crippen LogP contribution < -0.4 is 11.5 Å². The van der Waals surface area contributed by atoms with Gasteiger partial charge < -0.3 is 11.5 Å². The van der Waals surface area contributed by atoms with Gasteiger partial charge in [-0.3, -0.25) is 14.6 Å². The lowest BCUT2D eigenvalue weighted by molar-refractivity contribution is -0.123. The van der Waals surface area contributed by atoms with Crippen molar-refractivity contribution in [2.24, 2.45) is 11.5 Å². The molecule has 104 valence electrons. The second-order valence-electron chi connectivity index (χ2n) is 6.23. The maximum absolute atomic E-state index is 11.4. The van der Waals surface area contributed by atoms with Crippen LogP contribution in [0.3, 0.4) is 0 Å². The van der Waals surface area contributed by atoms with Crippen LogP contribution in [0.5, 0.6) is 0 Å². The standard InChI is InChI=1S/C13H26N4O/c1-9-7-17(8-10(2)16(9)3)11-4-5-13(15,6-11)12(14)18/h9-11H,4-8,15H2,1-3H3,(H2,14,18). The van der Waals surface area contributed by atoms with Crippen LogP contribution in [0, 0.1) is 0 Å². The number of amides is 1. The third-order valence-electron chi connectivity index (χ3n) is 4.92. The van der Waals surface area contributed by atoms with E-state index in [1.807, 2.05) is 0 Å². The van der Waals surface area contributed by atoms with Crippen molar-refractivity contribution < 1.29 is 4.79 Å². The quantitative estimate of drug-likeness (QED) is 0.712. The second kappa shape index (κ2) is 4.79. The monoisotopic (exact) mass is 254 g/mol. The van der Waals surface area contributed by atoms with E-state index in [4.69, 9.17) is 11.5 Å². The minimum atomic E-state index is -0.777. The molecular weight excluding hydrogens is 228 g/mol. The third-order valence-corrected chi connectivity index (χ3v) is 4.92. The molecule has 0 aromatic rings. The Balaban J connectivity index is 2.00. The lowest BCUT2D eigenvalue weighted by Gasteiger charge is -2.45. The molecule has 0 aromatic heterocycles. The lowest BCUT2D eigenvalue weighted by Crippen LogP contribution is -2.58. The van der Waals surface area contributed by atoms with Crippen molar-refractivity contribution in [2.75, 3.05) is 20.1 Å². The van der Waals surface area contributed by atoms with Gasteiger partial charge in [0, 0.05) is 31.2 Å². The number of likely N-dealkylation sites (N-methyl/N-ethyl adjacent to an activating group) is 1. The molecule has 1 saturated carbocycles. The van der Waals surface area contributed by atoms with Crippen LogP contribution in [0.15, 0.2) is 0 Å². The number of piperazine rings is 1. The molecule has 5 nitrogen and oxygen atoms in total. The molecule has 0 radical (unpaired) electrons.